The van der Waals surface area contributed by atoms with Crippen LogP contribution in [0, 0.1) is 11.8 Å². The summed E-state index contributed by atoms with van der Waals surface area (Å²) in [5.41, 5.74) is 0.903. The highest BCUT2D eigenvalue weighted by atomic mass is 16.4. The Hall–Kier alpha value is -1.45. The Bertz CT molecular complexity index is 477. The van der Waals surface area contributed by atoms with E-state index in [-0.39, 0.29) is 5.56 Å². The summed E-state index contributed by atoms with van der Waals surface area (Å²) in [4.78, 5) is 19.9. The highest BCUT2D eigenvalue weighted by Gasteiger charge is 2.26. The normalized spacial score (nSPS) is 23.0. The van der Waals surface area contributed by atoms with Gasteiger partial charge in [-0.15, -0.1) is 0 Å². The summed E-state index contributed by atoms with van der Waals surface area (Å²) >= 11 is 0. The standard InChI is InChI=1S/C16H24N2O2/c1-4-14-13(16(19)20)9-17-15(18-14)12-7-5-11(6-8-12)10(2)3/h9-12H,4-8H2,1-3H3,(H,19,20). The predicted molar refractivity (Wildman–Crippen MR) is 77.9 cm³/mol. The van der Waals surface area contributed by atoms with Gasteiger partial charge in [-0.1, -0.05) is 20.8 Å². The van der Waals surface area contributed by atoms with Gasteiger partial charge >= 0.3 is 5.97 Å². The van der Waals surface area contributed by atoms with Gasteiger partial charge in [0.1, 0.15) is 5.82 Å². The topological polar surface area (TPSA) is 63.1 Å². The van der Waals surface area contributed by atoms with E-state index < -0.39 is 5.97 Å². The fourth-order valence-corrected chi connectivity index (χ4v) is 3.12. The summed E-state index contributed by atoms with van der Waals surface area (Å²) in [6.07, 6.45) is 6.83. The summed E-state index contributed by atoms with van der Waals surface area (Å²) in [6, 6.07) is 0. The van der Waals surface area contributed by atoms with Crippen LogP contribution in [0.4, 0.5) is 0 Å². The largest absolute Gasteiger partial charge is 0.478 e. The number of rotatable bonds is 4. The molecule has 1 saturated carbocycles. The molecule has 20 heavy (non-hydrogen) atoms. The maximum absolute atomic E-state index is 11.1. The van der Waals surface area contributed by atoms with Crippen molar-refractivity contribution >= 4 is 5.97 Å². The molecule has 1 aromatic rings. The lowest BCUT2D eigenvalue weighted by molar-refractivity contribution is 0.0694. The van der Waals surface area contributed by atoms with Gasteiger partial charge in [0.25, 0.3) is 0 Å². The molecule has 0 radical (unpaired) electrons. The van der Waals surface area contributed by atoms with Gasteiger partial charge in [0, 0.05) is 12.1 Å². The van der Waals surface area contributed by atoms with Crippen molar-refractivity contribution in [2.45, 2.75) is 58.8 Å². The quantitative estimate of drug-likeness (QED) is 0.911. The number of aromatic nitrogens is 2. The van der Waals surface area contributed by atoms with E-state index in [4.69, 9.17) is 5.11 Å². The maximum atomic E-state index is 11.1. The van der Waals surface area contributed by atoms with Gasteiger partial charge in [0.2, 0.25) is 0 Å². The monoisotopic (exact) mass is 276 g/mol. The second-order valence-corrected chi connectivity index (χ2v) is 6.10. The van der Waals surface area contributed by atoms with Gasteiger partial charge < -0.3 is 5.11 Å². The number of hydrogen-bond acceptors (Lipinski definition) is 3. The van der Waals surface area contributed by atoms with E-state index >= 15 is 0 Å². The summed E-state index contributed by atoms with van der Waals surface area (Å²) in [6.45, 7) is 6.52. The lowest BCUT2D eigenvalue weighted by Gasteiger charge is -2.30. The summed E-state index contributed by atoms with van der Waals surface area (Å²) in [7, 11) is 0. The molecule has 1 fully saturated rings. The van der Waals surface area contributed by atoms with Crippen LogP contribution in [0.1, 0.15) is 74.2 Å². The highest BCUT2D eigenvalue weighted by Crippen LogP contribution is 2.37. The van der Waals surface area contributed by atoms with Crippen LogP contribution >= 0.6 is 0 Å². The van der Waals surface area contributed by atoms with Crippen LogP contribution in [0.25, 0.3) is 0 Å². The minimum absolute atomic E-state index is 0.243. The van der Waals surface area contributed by atoms with E-state index in [0.29, 0.717) is 18.0 Å². The van der Waals surface area contributed by atoms with E-state index in [9.17, 15) is 4.79 Å². The molecule has 1 aromatic heterocycles. The Balaban J connectivity index is 2.12. The van der Waals surface area contributed by atoms with Gasteiger partial charge in [-0.3, -0.25) is 0 Å². The third-order valence-corrected chi connectivity index (χ3v) is 4.53. The van der Waals surface area contributed by atoms with Crippen molar-refractivity contribution in [2.24, 2.45) is 11.8 Å². The van der Waals surface area contributed by atoms with E-state index in [1.165, 1.54) is 19.0 Å². The molecule has 0 aliphatic heterocycles. The fourth-order valence-electron chi connectivity index (χ4n) is 3.12. The van der Waals surface area contributed by atoms with E-state index in [2.05, 4.69) is 23.8 Å². The number of carbonyl (C=O) groups is 1. The third-order valence-electron chi connectivity index (χ3n) is 4.53. The molecule has 0 saturated heterocycles. The van der Waals surface area contributed by atoms with Crippen LogP contribution in [0.2, 0.25) is 0 Å². The fraction of sp³-hybridized carbons (Fsp3) is 0.688. The first kappa shape index (κ1) is 14.9. The van der Waals surface area contributed by atoms with Crippen LogP contribution in [0.15, 0.2) is 6.20 Å². The van der Waals surface area contributed by atoms with Gasteiger partial charge in [-0.05, 0) is 43.9 Å². The molecule has 110 valence electrons. The molecule has 0 unspecified atom stereocenters. The first-order valence-electron chi connectivity index (χ1n) is 7.62. The number of carboxylic acids is 1. The number of carboxylic acid groups (broad SMARTS) is 1. The summed E-state index contributed by atoms with van der Waals surface area (Å²) in [5, 5.41) is 9.11. The van der Waals surface area contributed by atoms with Gasteiger partial charge in [0.05, 0.1) is 11.3 Å². The van der Waals surface area contributed by atoms with Crippen molar-refractivity contribution in [3.05, 3.63) is 23.3 Å². The van der Waals surface area contributed by atoms with Gasteiger partial charge in [-0.25, -0.2) is 14.8 Å². The number of hydrogen-bond donors (Lipinski definition) is 1. The smallest absolute Gasteiger partial charge is 0.339 e. The van der Waals surface area contributed by atoms with Crippen LogP contribution in [0.3, 0.4) is 0 Å². The molecule has 0 atom stereocenters. The van der Waals surface area contributed by atoms with Crippen molar-refractivity contribution in [1.29, 1.82) is 0 Å². The molecule has 4 heteroatoms. The second kappa shape index (κ2) is 6.33. The molecule has 0 spiro atoms. The molecule has 1 heterocycles. The molecular formula is C16H24N2O2. The van der Waals surface area contributed by atoms with Crippen molar-refractivity contribution < 1.29 is 9.90 Å². The minimum Gasteiger partial charge on any atom is -0.478 e. The van der Waals surface area contributed by atoms with Crippen molar-refractivity contribution in [3.63, 3.8) is 0 Å². The van der Waals surface area contributed by atoms with Gasteiger partial charge in [0.15, 0.2) is 0 Å². The van der Waals surface area contributed by atoms with E-state index in [1.807, 2.05) is 6.92 Å². The zero-order valence-corrected chi connectivity index (χ0v) is 12.6. The molecule has 0 aromatic carbocycles. The average molecular weight is 276 g/mol. The van der Waals surface area contributed by atoms with Crippen LogP contribution in [-0.2, 0) is 6.42 Å². The highest BCUT2D eigenvalue weighted by molar-refractivity contribution is 5.88. The Morgan fingerprint density at radius 2 is 2.00 bits per heavy atom. The molecule has 4 nitrogen and oxygen atoms in total. The number of aryl methyl sites for hydroxylation is 1. The number of aromatic carboxylic acids is 1. The second-order valence-electron chi connectivity index (χ2n) is 6.10. The molecule has 1 aliphatic rings. The Morgan fingerprint density at radius 3 is 2.50 bits per heavy atom. The predicted octanol–water partition coefficient (Wildman–Crippen LogP) is 3.67. The lowest BCUT2D eigenvalue weighted by atomic mass is 9.76. The Labute approximate surface area is 120 Å². The van der Waals surface area contributed by atoms with Crippen LogP contribution in [0.5, 0.6) is 0 Å². The molecule has 0 amide bonds. The van der Waals surface area contributed by atoms with E-state index in [0.717, 1.165) is 30.5 Å². The average Bonchev–Trinajstić information content (AvgIpc) is 2.46. The molecule has 1 N–H and O–H groups in total. The minimum atomic E-state index is -0.933. The van der Waals surface area contributed by atoms with Crippen LogP contribution in [-0.4, -0.2) is 21.0 Å². The zero-order valence-electron chi connectivity index (χ0n) is 12.6. The maximum Gasteiger partial charge on any atom is 0.339 e. The zero-order chi connectivity index (χ0) is 14.7. The van der Waals surface area contributed by atoms with Crippen molar-refractivity contribution in [3.8, 4) is 0 Å². The first-order valence-corrected chi connectivity index (χ1v) is 7.62. The van der Waals surface area contributed by atoms with E-state index in [1.54, 1.807) is 0 Å². The summed E-state index contributed by atoms with van der Waals surface area (Å²) < 4.78 is 0. The molecule has 1 aliphatic carbocycles. The Morgan fingerprint density at radius 1 is 1.35 bits per heavy atom. The SMILES string of the molecule is CCc1nc(C2CCC(C(C)C)CC2)ncc1C(=O)O. The molecule has 0 bridgehead atoms. The van der Waals surface area contributed by atoms with Crippen molar-refractivity contribution in [1.82, 2.24) is 9.97 Å². The van der Waals surface area contributed by atoms with Crippen molar-refractivity contribution in [2.75, 3.05) is 0 Å². The third kappa shape index (κ3) is 3.17. The lowest BCUT2D eigenvalue weighted by Crippen LogP contribution is -2.20. The molecular weight excluding hydrogens is 252 g/mol. The van der Waals surface area contributed by atoms with Gasteiger partial charge in [-0.2, -0.15) is 0 Å². The summed E-state index contributed by atoms with van der Waals surface area (Å²) in [5.74, 6) is 1.87. The molecule has 2 rings (SSSR count). The number of nitrogens with zero attached hydrogens (tertiary/aromatic N) is 2. The first-order chi connectivity index (χ1) is 9.52. The Kier molecular flexibility index (Phi) is 4.73. The van der Waals surface area contributed by atoms with Crippen LogP contribution < -0.4 is 0 Å².